The summed E-state index contributed by atoms with van der Waals surface area (Å²) in [4.78, 5) is 15.0. The molecular weight excluding hydrogens is 308 g/mol. The highest BCUT2D eigenvalue weighted by Crippen LogP contribution is 2.22. The molecular formula is C17H26N4OS. The van der Waals surface area contributed by atoms with Crippen LogP contribution in [0.2, 0.25) is 0 Å². The number of hydrogen-bond acceptors (Lipinski definition) is 5. The van der Waals surface area contributed by atoms with Gasteiger partial charge in [-0.1, -0.05) is 6.42 Å². The van der Waals surface area contributed by atoms with Crippen LogP contribution in [0, 0.1) is 0 Å². The smallest absolute Gasteiger partial charge is 0.120 e. The van der Waals surface area contributed by atoms with Crippen LogP contribution in [0.15, 0.2) is 24.5 Å². The van der Waals surface area contributed by atoms with Gasteiger partial charge in [0.05, 0.1) is 13.2 Å². The van der Waals surface area contributed by atoms with Crippen LogP contribution in [0.3, 0.4) is 0 Å². The van der Waals surface area contributed by atoms with Gasteiger partial charge in [-0.3, -0.25) is 9.80 Å². The van der Waals surface area contributed by atoms with Crippen molar-refractivity contribution in [3.05, 3.63) is 40.1 Å². The number of hydrogen-bond donors (Lipinski definition) is 2. The molecule has 0 spiro atoms. The normalized spacial score (nSPS) is 16.3. The quantitative estimate of drug-likeness (QED) is 0.779. The van der Waals surface area contributed by atoms with Crippen LogP contribution in [-0.2, 0) is 19.6 Å². The Balaban J connectivity index is 1.55. The number of piperidine rings is 1. The average molecular weight is 334 g/mol. The third-order valence-electron chi connectivity index (χ3n) is 4.27. The lowest BCUT2D eigenvalue weighted by Crippen LogP contribution is -2.28. The van der Waals surface area contributed by atoms with E-state index in [2.05, 4.69) is 31.9 Å². The molecule has 0 bridgehead atoms. The van der Waals surface area contributed by atoms with E-state index in [-0.39, 0.29) is 6.61 Å². The second-order valence-corrected chi connectivity index (χ2v) is 7.43. The van der Waals surface area contributed by atoms with Crippen molar-refractivity contribution >= 4 is 11.3 Å². The number of aromatic amines is 1. The molecule has 5 nitrogen and oxygen atoms in total. The summed E-state index contributed by atoms with van der Waals surface area (Å²) in [6, 6.07) is 4.50. The molecule has 1 aliphatic heterocycles. The zero-order chi connectivity index (χ0) is 15.9. The molecule has 2 aromatic rings. The fourth-order valence-electron chi connectivity index (χ4n) is 3.10. The number of aliphatic hydroxyl groups is 1. The predicted molar refractivity (Wildman–Crippen MR) is 93.2 cm³/mol. The van der Waals surface area contributed by atoms with Gasteiger partial charge in [-0.05, 0) is 38.1 Å². The largest absolute Gasteiger partial charge is 0.395 e. The molecule has 2 N–H and O–H groups in total. The van der Waals surface area contributed by atoms with Crippen molar-refractivity contribution in [2.75, 3.05) is 26.2 Å². The fraction of sp³-hybridized carbons (Fsp3) is 0.588. The molecule has 6 heteroatoms. The Morgan fingerprint density at radius 1 is 1.17 bits per heavy atom. The lowest BCUT2D eigenvalue weighted by atomic mass is 10.1. The second kappa shape index (κ2) is 8.59. The van der Waals surface area contributed by atoms with Crippen LogP contribution >= 0.6 is 11.3 Å². The Kier molecular flexibility index (Phi) is 6.21. The summed E-state index contributed by atoms with van der Waals surface area (Å²) in [7, 11) is 0. The number of H-pyrrole nitrogens is 1. The van der Waals surface area contributed by atoms with Crippen molar-refractivity contribution < 1.29 is 5.11 Å². The van der Waals surface area contributed by atoms with E-state index in [0.717, 1.165) is 25.5 Å². The number of thiophene rings is 1. The molecule has 0 aliphatic carbocycles. The van der Waals surface area contributed by atoms with Crippen molar-refractivity contribution in [2.24, 2.45) is 0 Å². The molecule has 0 unspecified atom stereocenters. The van der Waals surface area contributed by atoms with Gasteiger partial charge in [0.1, 0.15) is 5.82 Å². The first kappa shape index (κ1) is 16.6. The predicted octanol–water partition coefficient (Wildman–Crippen LogP) is 2.45. The van der Waals surface area contributed by atoms with E-state index in [9.17, 15) is 5.11 Å². The number of nitrogens with one attached hydrogen (secondary N) is 1. The summed E-state index contributed by atoms with van der Waals surface area (Å²) in [6.45, 7) is 6.01. The maximum Gasteiger partial charge on any atom is 0.120 e. The number of rotatable bonds is 8. The minimum atomic E-state index is 0.173. The van der Waals surface area contributed by atoms with Crippen molar-refractivity contribution in [3.63, 3.8) is 0 Å². The van der Waals surface area contributed by atoms with Crippen LogP contribution in [0.5, 0.6) is 0 Å². The molecule has 1 aliphatic rings. The molecule has 1 fully saturated rings. The second-order valence-electron chi connectivity index (χ2n) is 6.17. The zero-order valence-electron chi connectivity index (χ0n) is 13.6. The number of nitrogens with zero attached hydrogens (tertiary/aromatic N) is 3. The molecule has 0 aromatic carbocycles. The summed E-state index contributed by atoms with van der Waals surface area (Å²) in [5, 5.41) is 9.29. The first-order valence-corrected chi connectivity index (χ1v) is 9.26. The summed E-state index contributed by atoms with van der Waals surface area (Å²) >= 11 is 1.90. The summed E-state index contributed by atoms with van der Waals surface area (Å²) in [5.74, 6) is 0.948. The van der Waals surface area contributed by atoms with E-state index in [1.165, 1.54) is 42.1 Å². The summed E-state index contributed by atoms with van der Waals surface area (Å²) in [5.41, 5.74) is 0. The molecule has 23 heavy (non-hydrogen) atoms. The minimum Gasteiger partial charge on any atom is -0.395 e. The molecule has 2 aromatic heterocycles. The Labute approximate surface area is 142 Å². The summed E-state index contributed by atoms with van der Waals surface area (Å²) in [6.07, 6.45) is 7.68. The van der Waals surface area contributed by atoms with Gasteiger partial charge in [0.25, 0.3) is 0 Å². The minimum absolute atomic E-state index is 0.173. The van der Waals surface area contributed by atoms with Gasteiger partial charge in [0.2, 0.25) is 0 Å². The summed E-state index contributed by atoms with van der Waals surface area (Å²) < 4.78 is 0. The van der Waals surface area contributed by atoms with E-state index in [1.807, 2.05) is 17.5 Å². The zero-order valence-corrected chi connectivity index (χ0v) is 14.4. The number of aliphatic hydroxyl groups excluding tert-OH is 1. The molecule has 3 rings (SSSR count). The highest BCUT2D eigenvalue weighted by Gasteiger charge is 2.13. The number of likely N-dealkylation sites (tertiary alicyclic amines) is 1. The molecule has 126 valence electrons. The SMILES string of the molecule is OCCN(Cc1ncc[nH]1)Cc1ccc(CN2CCCCC2)s1. The third-order valence-corrected chi connectivity index (χ3v) is 5.32. The molecule has 0 radical (unpaired) electrons. The van der Waals surface area contributed by atoms with Gasteiger partial charge in [0, 0.05) is 41.8 Å². The van der Waals surface area contributed by atoms with E-state index >= 15 is 0 Å². The van der Waals surface area contributed by atoms with Crippen LogP contribution < -0.4 is 0 Å². The van der Waals surface area contributed by atoms with Crippen LogP contribution in [0.1, 0.15) is 34.8 Å². The Morgan fingerprint density at radius 2 is 2.00 bits per heavy atom. The number of imidazole rings is 1. The van der Waals surface area contributed by atoms with Crippen LogP contribution in [0.25, 0.3) is 0 Å². The van der Waals surface area contributed by atoms with Crippen molar-refractivity contribution in [3.8, 4) is 0 Å². The first-order chi connectivity index (χ1) is 11.3. The Bertz CT molecular complexity index is 563. The average Bonchev–Trinajstić information content (AvgIpc) is 3.21. The third kappa shape index (κ3) is 5.14. The van der Waals surface area contributed by atoms with Crippen LogP contribution in [0.4, 0.5) is 0 Å². The van der Waals surface area contributed by atoms with E-state index in [4.69, 9.17) is 0 Å². The molecule has 3 heterocycles. The van der Waals surface area contributed by atoms with Crippen molar-refractivity contribution in [1.82, 2.24) is 19.8 Å². The molecule has 0 atom stereocenters. The Hall–Kier alpha value is -1.21. The molecule has 1 saturated heterocycles. The maximum absolute atomic E-state index is 9.29. The highest BCUT2D eigenvalue weighted by atomic mass is 32.1. The lowest BCUT2D eigenvalue weighted by molar-refractivity contribution is 0.182. The van der Waals surface area contributed by atoms with E-state index < -0.39 is 0 Å². The standard InChI is InChI=1S/C17H26N4OS/c22-11-10-21(14-17-18-6-7-19-17)13-16-5-4-15(23-16)12-20-8-2-1-3-9-20/h4-7,22H,1-3,8-14H2,(H,18,19). The molecule has 0 saturated carbocycles. The van der Waals surface area contributed by atoms with E-state index in [0.29, 0.717) is 6.54 Å². The maximum atomic E-state index is 9.29. The van der Waals surface area contributed by atoms with Gasteiger partial charge < -0.3 is 10.1 Å². The highest BCUT2D eigenvalue weighted by molar-refractivity contribution is 7.11. The fourth-order valence-corrected chi connectivity index (χ4v) is 4.21. The monoisotopic (exact) mass is 334 g/mol. The molecule has 0 amide bonds. The first-order valence-electron chi connectivity index (χ1n) is 8.45. The van der Waals surface area contributed by atoms with E-state index in [1.54, 1.807) is 6.20 Å². The van der Waals surface area contributed by atoms with Gasteiger partial charge in [-0.2, -0.15) is 0 Å². The van der Waals surface area contributed by atoms with Crippen molar-refractivity contribution in [2.45, 2.75) is 38.9 Å². The lowest BCUT2D eigenvalue weighted by Gasteiger charge is -2.25. The Morgan fingerprint density at radius 3 is 2.74 bits per heavy atom. The van der Waals surface area contributed by atoms with Crippen LogP contribution in [-0.4, -0.2) is 51.1 Å². The number of aromatic nitrogens is 2. The van der Waals surface area contributed by atoms with Crippen molar-refractivity contribution in [1.29, 1.82) is 0 Å². The van der Waals surface area contributed by atoms with Gasteiger partial charge >= 0.3 is 0 Å². The topological polar surface area (TPSA) is 55.4 Å². The van der Waals surface area contributed by atoms with Gasteiger partial charge in [-0.25, -0.2) is 4.98 Å². The van der Waals surface area contributed by atoms with Gasteiger partial charge in [-0.15, -0.1) is 11.3 Å². The van der Waals surface area contributed by atoms with Gasteiger partial charge in [0.15, 0.2) is 0 Å².